The van der Waals surface area contributed by atoms with Crippen LogP contribution in [0.4, 0.5) is 9.18 Å². The second kappa shape index (κ2) is 9.28. The normalized spacial score (nSPS) is 22.6. The SMILES string of the molecule is O=C(CCOc1ccc(F)cc1)C1CC2CCC(C1)N2C(=O)OCc1ccccc1. The van der Waals surface area contributed by atoms with Crippen LogP contribution in [-0.4, -0.2) is 35.5 Å². The molecule has 1 amide bonds. The Kier molecular flexibility index (Phi) is 6.31. The molecule has 6 heteroatoms. The zero-order valence-electron chi connectivity index (χ0n) is 16.8. The summed E-state index contributed by atoms with van der Waals surface area (Å²) in [6.45, 7) is 0.540. The number of fused-ring (bicyclic) bond motifs is 2. The molecule has 2 bridgehead atoms. The van der Waals surface area contributed by atoms with Crippen molar-refractivity contribution in [3.63, 3.8) is 0 Å². The third-order valence-electron chi connectivity index (χ3n) is 6.04. The smallest absolute Gasteiger partial charge is 0.410 e. The zero-order valence-corrected chi connectivity index (χ0v) is 16.8. The monoisotopic (exact) mass is 411 g/mol. The van der Waals surface area contributed by atoms with Crippen LogP contribution in [0.15, 0.2) is 54.6 Å². The van der Waals surface area contributed by atoms with Crippen LogP contribution >= 0.6 is 0 Å². The van der Waals surface area contributed by atoms with Gasteiger partial charge in [-0.15, -0.1) is 0 Å². The summed E-state index contributed by atoms with van der Waals surface area (Å²) in [5.74, 6) is 0.368. The van der Waals surface area contributed by atoms with E-state index in [1.807, 2.05) is 35.2 Å². The van der Waals surface area contributed by atoms with E-state index in [0.717, 1.165) is 18.4 Å². The van der Waals surface area contributed by atoms with Gasteiger partial charge < -0.3 is 14.4 Å². The van der Waals surface area contributed by atoms with Gasteiger partial charge in [0.25, 0.3) is 0 Å². The van der Waals surface area contributed by atoms with Crippen LogP contribution in [0, 0.1) is 11.7 Å². The van der Waals surface area contributed by atoms with Crippen molar-refractivity contribution in [1.29, 1.82) is 0 Å². The van der Waals surface area contributed by atoms with Gasteiger partial charge in [0.1, 0.15) is 24.0 Å². The van der Waals surface area contributed by atoms with Crippen molar-refractivity contribution in [2.45, 2.75) is 50.8 Å². The molecular weight excluding hydrogens is 385 g/mol. The van der Waals surface area contributed by atoms with Gasteiger partial charge in [0.15, 0.2) is 0 Å². The molecule has 2 fully saturated rings. The van der Waals surface area contributed by atoms with E-state index in [1.54, 1.807) is 12.1 Å². The molecule has 2 aliphatic rings. The van der Waals surface area contributed by atoms with Gasteiger partial charge >= 0.3 is 6.09 Å². The van der Waals surface area contributed by atoms with Gasteiger partial charge in [0.2, 0.25) is 0 Å². The van der Waals surface area contributed by atoms with Crippen molar-refractivity contribution < 1.29 is 23.5 Å². The molecule has 2 unspecified atom stereocenters. The number of rotatable bonds is 7. The van der Waals surface area contributed by atoms with E-state index in [-0.39, 0.29) is 48.9 Å². The minimum Gasteiger partial charge on any atom is -0.493 e. The lowest BCUT2D eigenvalue weighted by atomic mass is 9.86. The number of amides is 1. The topological polar surface area (TPSA) is 55.8 Å². The number of hydrogen-bond acceptors (Lipinski definition) is 4. The van der Waals surface area contributed by atoms with Crippen molar-refractivity contribution in [3.8, 4) is 5.75 Å². The lowest BCUT2D eigenvalue weighted by Gasteiger charge is -2.37. The van der Waals surface area contributed by atoms with Crippen molar-refractivity contribution in [2.75, 3.05) is 6.61 Å². The first kappa shape index (κ1) is 20.4. The maximum absolute atomic E-state index is 12.9. The van der Waals surface area contributed by atoms with E-state index in [9.17, 15) is 14.0 Å². The van der Waals surface area contributed by atoms with E-state index in [2.05, 4.69) is 0 Å². The summed E-state index contributed by atoms with van der Waals surface area (Å²) in [7, 11) is 0. The third kappa shape index (κ3) is 4.81. The first-order chi connectivity index (χ1) is 14.6. The number of carbonyl (C=O) groups is 2. The van der Waals surface area contributed by atoms with Gasteiger partial charge in [-0.3, -0.25) is 4.79 Å². The highest BCUT2D eigenvalue weighted by atomic mass is 19.1. The Morgan fingerprint density at radius 3 is 2.30 bits per heavy atom. The Morgan fingerprint density at radius 1 is 0.967 bits per heavy atom. The molecule has 4 rings (SSSR count). The highest BCUT2D eigenvalue weighted by Gasteiger charge is 2.45. The minimum atomic E-state index is -0.317. The van der Waals surface area contributed by atoms with Crippen LogP contribution in [0.25, 0.3) is 0 Å². The molecule has 0 aliphatic carbocycles. The highest BCUT2D eigenvalue weighted by molar-refractivity contribution is 5.82. The Morgan fingerprint density at radius 2 is 1.63 bits per heavy atom. The molecule has 2 aromatic carbocycles. The largest absolute Gasteiger partial charge is 0.493 e. The van der Waals surface area contributed by atoms with Gasteiger partial charge in [0, 0.05) is 24.4 Å². The predicted molar refractivity (Wildman–Crippen MR) is 110 cm³/mol. The molecule has 2 aromatic rings. The summed E-state index contributed by atoms with van der Waals surface area (Å²) in [5.41, 5.74) is 0.962. The van der Waals surface area contributed by atoms with Crippen LogP contribution in [-0.2, 0) is 16.1 Å². The van der Waals surface area contributed by atoms with Gasteiger partial charge in [0.05, 0.1) is 6.61 Å². The summed E-state index contributed by atoms with van der Waals surface area (Å²) < 4.78 is 24.0. The van der Waals surface area contributed by atoms with E-state index in [0.29, 0.717) is 25.0 Å². The van der Waals surface area contributed by atoms with Crippen LogP contribution in [0.2, 0.25) is 0 Å². The van der Waals surface area contributed by atoms with E-state index >= 15 is 0 Å². The fraction of sp³-hybridized carbons (Fsp3) is 0.417. The second-order valence-corrected chi connectivity index (χ2v) is 8.02. The lowest BCUT2D eigenvalue weighted by molar-refractivity contribution is -0.125. The fourth-order valence-corrected chi connectivity index (χ4v) is 4.54. The molecule has 2 aliphatic heterocycles. The van der Waals surface area contributed by atoms with Crippen LogP contribution < -0.4 is 4.74 Å². The quantitative estimate of drug-likeness (QED) is 0.660. The van der Waals surface area contributed by atoms with Gasteiger partial charge in [-0.1, -0.05) is 30.3 Å². The molecule has 30 heavy (non-hydrogen) atoms. The molecule has 2 atom stereocenters. The summed E-state index contributed by atoms with van der Waals surface area (Å²) in [5, 5.41) is 0. The first-order valence-electron chi connectivity index (χ1n) is 10.5. The maximum atomic E-state index is 12.9. The summed E-state index contributed by atoms with van der Waals surface area (Å²) in [6, 6.07) is 15.5. The fourth-order valence-electron chi connectivity index (χ4n) is 4.54. The van der Waals surface area contributed by atoms with Crippen LogP contribution in [0.5, 0.6) is 5.75 Å². The summed E-state index contributed by atoms with van der Waals surface area (Å²) in [6.07, 6.45) is 3.25. The number of benzene rings is 2. The van der Waals surface area contributed by atoms with E-state index < -0.39 is 0 Å². The van der Waals surface area contributed by atoms with Gasteiger partial charge in [-0.2, -0.15) is 0 Å². The van der Waals surface area contributed by atoms with Crippen molar-refractivity contribution in [3.05, 3.63) is 66.0 Å². The molecule has 0 saturated carbocycles. The molecule has 2 saturated heterocycles. The predicted octanol–water partition coefficient (Wildman–Crippen LogP) is 4.74. The maximum Gasteiger partial charge on any atom is 0.410 e. The van der Waals surface area contributed by atoms with Gasteiger partial charge in [-0.25, -0.2) is 9.18 Å². The summed E-state index contributed by atoms with van der Waals surface area (Å²) in [4.78, 5) is 27.2. The standard InChI is InChI=1S/C24H26FNO4/c25-19-6-10-22(11-7-19)29-13-12-23(27)18-14-20-8-9-21(15-18)26(20)24(28)30-16-17-4-2-1-3-5-17/h1-7,10-11,18,20-21H,8-9,12-16H2. The molecule has 5 nitrogen and oxygen atoms in total. The number of Topliss-reactive ketones (excluding diaryl/α,β-unsaturated/α-hetero) is 1. The zero-order chi connectivity index (χ0) is 20.9. The average Bonchev–Trinajstić information content (AvgIpc) is 3.03. The van der Waals surface area contributed by atoms with Crippen LogP contribution in [0.3, 0.4) is 0 Å². The molecule has 0 spiro atoms. The minimum absolute atomic E-state index is 0.0440. The van der Waals surface area contributed by atoms with Crippen LogP contribution in [0.1, 0.15) is 37.7 Å². The number of ether oxygens (including phenoxy) is 2. The number of nitrogens with zero attached hydrogens (tertiary/aromatic N) is 1. The number of hydrogen-bond donors (Lipinski definition) is 0. The average molecular weight is 411 g/mol. The van der Waals surface area contributed by atoms with E-state index in [1.165, 1.54) is 12.1 Å². The molecule has 158 valence electrons. The first-order valence-corrected chi connectivity index (χ1v) is 10.5. The third-order valence-corrected chi connectivity index (χ3v) is 6.04. The molecule has 0 N–H and O–H groups in total. The number of ketones is 1. The Labute approximate surface area is 175 Å². The van der Waals surface area contributed by atoms with Crippen molar-refractivity contribution in [1.82, 2.24) is 4.90 Å². The molecule has 0 radical (unpaired) electrons. The number of carbonyl (C=O) groups excluding carboxylic acids is 2. The van der Waals surface area contributed by atoms with Crippen molar-refractivity contribution >= 4 is 11.9 Å². The Hall–Kier alpha value is -2.89. The lowest BCUT2D eigenvalue weighted by Crippen LogP contribution is -2.48. The van der Waals surface area contributed by atoms with E-state index in [4.69, 9.17) is 9.47 Å². The summed E-state index contributed by atoms with van der Waals surface area (Å²) >= 11 is 0. The van der Waals surface area contributed by atoms with Crippen molar-refractivity contribution in [2.24, 2.45) is 5.92 Å². The molecule has 0 aromatic heterocycles. The van der Waals surface area contributed by atoms with Gasteiger partial charge in [-0.05, 0) is 55.5 Å². The second-order valence-electron chi connectivity index (χ2n) is 8.02. The molecular formula is C24H26FNO4. The highest BCUT2D eigenvalue weighted by Crippen LogP contribution is 2.39. The molecule has 2 heterocycles. The Balaban J connectivity index is 1.25. The Bertz CT molecular complexity index is 857. The number of halogens is 1. The number of piperidine rings is 1.